The minimum Gasteiger partial charge on any atom is -0.475 e. The number of aromatic carboxylic acids is 1. The van der Waals surface area contributed by atoms with E-state index in [2.05, 4.69) is 15.3 Å². The largest absolute Gasteiger partial charge is 0.475 e. The first-order chi connectivity index (χ1) is 9.61. The number of fused-ring (bicyclic) bond motifs is 1. The van der Waals surface area contributed by atoms with Gasteiger partial charge in [-0.3, -0.25) is 0 Å². The first-order valence-electron chi connectivity index (χ1n) is 6.37. The number of nitrogens with one attached hydrogen (secondary N) is 1. The lowest BCUT2D eigenvalue weighted by Crippen LogP contribution is -2.19. The molecule has 0 radical (unpaired) electrons. The average molecular weight is 275 g/mol. The Morgan fingerprint density at radius 1 is 1.40 bits per heavy atom. The number of aromatic nitrogens is 2. The van der Waals surface area contributed by atoms with Gasteiger partial charge >= 0.3 is 5.97 Å². The molecule has 1 unspecified atom stereocenters. The maximum Gasteiger partial charge on any atom is 0.374 e. The van der Waals surface area contributed by atoms with Crippen LogP contribution in [0, 0.1) is 0 Å². The molecule has 0 spiro atoms. The predicted octanol–water partition coefficient (Wildman–Crippen LogP) is 2.16. The Bertz CT molecular complexity index is 616. The van der Waals surface area contributed by atoms with Crippen LogP contribution in [-0.4, -0.2) is 40.8 Å². The van der Waals surface area contributed by atoms with Crippen LogP contribution in [-0.2, 0) is 4.74 Å². The van der Waals surface area contributed by atoms with E-state index in [0.29, 0.717) is 17.9 Å². The highest BCUT2D eigenvalue weighted by Gasteiger charge is 2.13. The summed E-state index contributed by atoms with van der Waals surface area (Å²) in [4.78, 5) is 19.2. The van der Waals surface area contributed by atoms with Crippen molar-refractivity contribution in [1.82, 2.24) is 9.97 Å². The van der Waals surface area contributed by atoms with E-state index < -0.39 is 5.97 Å². The third-order valence-corrected chi connectivity index (χ3v) is 2.93. The maximum atomic E-state index is 11.1. The van der Waals surface area contributed by atoms with Crippen molar-refractivity contribution in [3.8, 4) is 0 Å². The average Bonchev–Trinajstić information content (AvgIpc) is 2.44. The van der Waals surface area contributed by atoms with Gasteiger partial charge in [0.2, 0.25) is 5.82 Å². The van der Waals surface area contributed by atoms with Gasteiger partial charge in [0, 0.05) is 25.1 Å². The third-order valence-electron chi connectivity index (χ3n) is 2.93. The van der Waals surface area contributed by atoms with Gasteiger partial charge in [-0.1, -0.05) is 12.1 Å². The molecule has 0 aliphatic heterocycles. The smallest absolute Gasteiger partial charge is 0.374 e. The molecule has 2 N–H and O–H groups in total. The number of anilines is 1. The maximum absolute atomic E-state index is 11.1. The Hall–Kier alpha value is -2.21. The summed E-state index contributed by atoms with van der Waals surface area (Å²) in [6, 6.07) is 7.45. The number of nitrogens with zero attached hydrogens (tertiary/aromatic N) is 2. The van der Waals surface area contributed by atoms with Gasteiger partial charge in [0.25, 0.3) is 0 Å². The third kappa shape index (κ3) is 3.21. The van der Waals surface area contributed by atoms with Gasteiger partial charge < -0.3 is 15.2 Å². The second-order valence-electron chi connectivity index (χ2n) is 4.54. The summed E-state index contributed by atoms with van der Waals surface area (Å²) < 4.78 is 5.03. The second kappa shape index (κ2) is 6.29. The fourth-order valence-electron chi connectivity index (χ4n) is 1.88. The van der Waals surface area contributed by atoms with E-state index in [0.717, 1.165) is 11.8 Å². The molecule has 1 aromatic heterocycles. The molecule has 106 valence electrons. The van der Waals surface area contributed by atoms with Gasteiger partial charge in [0.1, 0.15) is 5.82 Å². The van der Waals surface area contributed by atoms with Gasteiger partial charge in [-0.25, -0.2) is 14.8 Å². The summed E-state index contributed by atoms with van der Waals surface area (Å²) in [7, 11) is 1.65. The van der Waals surface area contributed by atoms with Crippen molar-refractivity contribution in [1.29, 1.82) is 0 Å². The highest BCUT2D eigenvalue weighted by Crippen LogP contribution is 2.21. The zero-order valence-electron chi connectivity index (χ0n) is 11.5. The van der Waals surface area contributed by atoms with E-state index in [1.165, 1.54) is 0 Å². The minimum atomic E-state index is -1.14. The van der Waals surface area contributed by atoms with Crippen LogP contribution in [0.1, 0.15) is 24.0 Å². The Morgan fingerprint density at radius 2 is 2.15 bits per heavy atom. The van der Waals surface area contributed by atoms with Gasteiger partial charge in [0.15, 0.2) is 0 Å². The standard InChI is InChI=1S/C14H17N3O3/c1-9(7-8-20-2)15-12-10-5-3-4-6-11(10)16-13(17-12)14(18)19/h3-6,9H,7-8H2,1-2H3,(H,18,19)(H,15,16,17). The molecule has 1 atom stereocenters. The van der Waals surface area contributed by atoms with Crippen molar-refractivity contribution in [2.45, 2.75) is 19.4 Å². The molecule has 0 aliphatic carbocycles. The van der Waals surface area contributed by atoms with Crippen LogP contribution < -0.4 is 5.32 Å². The molecule has 0 saturated carbocycles. The van der Waals surface area contributed by atoms with Crippen molar-refractivity contribution < 1.29 is 14.6 Å². The van der Waals surface area contributed by atoms with E-state index in [1.54, 1.807) is 13.2 Å². The number of carboxylic acids is 1. The molecule has 6 nitrogen and oxygen atoms in total. The summed E-state index contributed by atoms with van der Waals surface area (Å²) in [6.07, 6.45) is 0.803. The van der Waals surface area contributed by atoms with E-state index in [9.17, 15) is 4.79 Å². The van der Waals surface area contributed by atoms with Gasteiger partial charge in [0.05, 0.1) is 5.52 Å². The van der Waals surface area contributed by atoms with E-state index >= 15 is 0 Å². The molecule has 2 rings (SSSR count). The number of benzene rings is 1. The number of ether oxygens (including phenoxy) is 1. The first kappa shape index (κ1) is 14.2. The highest BCUT2D eigenvalue weighted by molar-refractivity contribution is 5.93. The van der Waals surface area contributed by atoms with Crippen molar-refractivity contribution in [2.75, 3.05) is 19.0 Å². The quantitative estimate of drug-likeness (QED) is 0.840. The van der Waals surface area contributed by atoms with E-state index in [4.69, 9.17) is 9.84 Å². The molecule has 0 amide bonds. The Labute approximate surface area is 116 Å². The predicted molar refractivity (Wildman–Crippen MR) is 76.1 cm³/mol. The molecule has 0 aliphatic rings. The number of carbonyl (C=O) groups is 1. The van der Waals surface area contributed by atoms with Crippen LogP contribution in [0.25, 0.3) is 10.9 Å². The number of hydrogen-bond donors (Lipinski definition) is 2. The second-order valence-corrected chi connectivity index (χ2v) is 4.54. The first-order valence-corrected chi connectivity index (χ1v) is 6.37. The normalized spacial score (nSPS) is 12.3. The van der Waals surface area contributed by atoms with Gasteiger partial charge in [-0.05, 0) is 25.5 Å². The van der Waals surface area contributed by atoms with Crippen LogP contribution >= 0.6 is 0 Å². The van der Waals surface area contributed by atoms with Crippen LogP contribution in [0.4, 0.5) is 5.82 Å². The minimum absolute atomic E-state index is 0.120. The van der Waals surface area contributed by atoms with Gasteiger partial charge in [-0.2, -0.15) is 0 Å². The summed E-state index contributed by atoms with van der Waals surface area (Å²) in [5.41, 5.74) is 0.612. The fraction of sp³-hybridized carbons (Fsp3) is 0.357. The van der Waals surface area contributed by atoms with Crippen LogP contribution in [0.5, 0.6) is 0 Å². The monoisotopic (exact) mass is 275 g/mol. The SMILES string of the molecule is COCCC(C)Nc1nc(C(=O)O)nc2ccccc12. The molecule has 6 heteroatoms. The van der Waals surface area contributed by atoms with E-state index in [1.807, 2.05) is 25.1 Å². The Kier molecular flexibility index (Phi) is 4.47. The highest BCUT2D eigenvalue weighted by atomic mass is 16.5. The lowest BCUT2D eigenvalue weighted by Gasteiger charge is -2.15. The number of para-hydroxylation sites is 1. The molecular formula is C14H17N3O3. The van der Waals surface area contributed by atoms with Crippen molar-refractivity contribution in [3.63, 3.8) is 0 Å². The molecule has 0 saturated heterocycles. The van der Waals surface area contributed by atoms with Crippen molar-refractivity contribution >= 4 is 22.7 Å². The topological polar surface area (TPSA) is 84.3 Å². The lowest BCUT2D eigenvalue weighted by atomic mass is 10.2. The van der Waals surface area contributed by atoms with Gasteiger partial charge in [-0.15, -0.1) is 0 Å². The van der Waals surface area contributed by atoms with Crippen LogP contribution in [0.2, 0.25) is 0 Å². The molecule has 2 aromatic rings. The molecule has 0 fully saturated rings. The number of methoxy groups -OCH3 is 1. The lowest BCUT2D eigenvalue weighted by molar-refractivity contribution is 0.0684. The molecule has 0 bridgehead atoms. The molecule has 20 heavy (non-hydrogen) atoms. The van der Waals surface area contributed by atoms with E-state index in [-0.39, 0.29) is 11.9 Å². The number of rotatable bonds is 6. The van der Waals surface area contributed by atoms with Crippen LogP contribution in [0.3, 0.4) is 0 Å². The van der Waals surface area contributed by atoms with Crippen LogP contribution in [0.15, 0.2) is 24.3 Å². The van der Waals surface area contributed by atoms with Crippen molar-refractivity contribution in [2.24, 2.45) is 0 Å². The fourth-order valence-corrected chi connectivity index (χ4v) is 1.88. The Morgan fingerprint density at radius 3 is 2.85 bits per heavy atom. The zero-order chi connectivity index (χ0) is 14.5. The Balaban J connectivity index is 2.37. The summed E-state index contributed by atoms with van der Waals surface area (Å²) in [5.74, 6) is -0.801. The number of hydrogen-bond acceptors (Lipinski definition) is 5. The molecule has 1 heterocycles. The number of carboxylic acid groups (broad SMARTS) is 1. The summed E-state index contributed by atoms with van der Waals surface area (Å²) in [6.45, 7) is 2.62. The summed E-state index contributed by atoms with van der Waals surface area (Å²) in [5, 5.41) is 13.1. The molecular weight excluding hydrogens is 258 g/mol. The van der Waals surface area contributed by atoms with Crippen molar-refractivity contribution in [3.05, 3.63) is 30.1 Å². The zero-order valence-corrected chi connectivity index (χ0v) is 11.5. The molecule has 1 aromatic carbocycles. The summed E-state index contributed by atoms with van der Waals surface area (Å²) >= 11 is 0.